The molecule has 1 aromatic rings. The molecule has 0 fully saturated rings. The highest BCUT2D eigenvalue weighted by molar-refractivity contribution is 7.84. The lowest BCUT2D eigenvalue weighted by atomic mass is 9.94. The normalized spacial score (nSPS) is 16.7. The highest BCUT2D eigenvalue weighted by Crippen LogP contribution is 2.18. The quantitative estimate of drug-likeness (QED) is 0.824. The third kappa shape index (κ3) is 4.45. The maximum Gasteiger partial charge on any atom is 0.0357 e. The Balaban J connectivity index is 2.42. The van der Waals surface area contributed by atoms with Crippen molar-refractivity contribution in [3.63, 3.8) is 0 Å². The van der Waals surface area contributed by atoms with E-state index in [9.17, 15) is 4.21 Å². The molecule has 0 aliphatic heterocycles. The molecule has 0 heterocycles. The number of nitrogens with one attached hydrogen (secondary N) is 1. The minimum Gasteiger partial charge on any atom is -0.313 e. The lowest BCUT2D eigenvalue weighted by Crippen LogP contribution is -2.33. The number of benzene rings is 1. The summed E-state index contributed by atoms with van der Waals surface area (Å²) >= 11 is 0. The van der Waals surface area contributed by atoms with Crippen molar-refractivity contribution in [3.8, 4) is 0 Å². The summed E-state index contributed by atoms with van der Waals surface area (Å²) < 4.78 is 10.9. The van der Waals surface area contributed by atoms with Crippen LogP contribution in [0.3, 0.4) is 0 Å². The van der Waals surface area contributed by atoms with Gasteiger partial charge in [-0.2, -0.15) is 0 Å². The van der Waals surface area contributed by atoms with E-state index in [4.69, 9.17) is 0 Å². The Hall–Kier alpha value is -0.670. The molecule has 16 heavy (non-hydrogen) atoms. The highest BCUT2D eigenvalue weighted by Gasteiger charge is 2.12. The fourth-order valence-corrected chi connectivity index (χ4v) is 2.06. The molecule has 0 radical (unpaired) electrons. The molecule has 1 aromatic carbocycles. The van der Waals surface area contributed by atoms with E-state index in [1.54, 1.807) is 6.26 Å². The molecule has 0 bridgehead atoms. The zero-order chi connectivity index (χ0) is 12.0. The Morgan fingerprint density at radius 1 is 1.25 bits per heavy atom. The van der Waals surface area contributed by atoms with Crippen molar-refractivity contribution < 1.29 is 4.21 Å². The van der Waals surface area contributed by atoms with Gasteiger partial charge >= 0.3 is 0 Å². The van der Waals surface area contributed by atoms with Crippen molar-refractivity contribution in [1.29, 1.82) is 0 Å². The van der Waals surface area contributed by atoms with Crippen LogP contribution in [0.25, 0.3) is 0 Å². The van der Waals surface area contributed by atoms with Gasteiger partial charge in [-0.3, -0.25) is 4.21 Å². The molecule has 3 heteroatoms. The molecule has 3 unspecified atom stereocenters. The summed E-state index contributed by atoms with van der Waals surface area (Å²) in [5.41, 5.74) is 1.35. The van der Waals surface area contributed by atoms with Crippen molar-refractivity contribution >= 4 is 10.8 Å². The van der Waals surface area contributed by atoms with Crippen LogP contribution in [-0.4, -0.2) is 28.8 Å². The minimum absolute atomic E-state index is 0.408. The molecule has 3 atom stereocenters. The highest BCUT2D eigenvalue weighted by atomic mass is 32.2. The van der Waals surface area contributed by atoms with Gasteiger partial charge in [0.25, 0.3) is 0 Å². The Morgan fingerprint density at radius 2 is 1.88 bits per heavy atom. The van der Waals surface area contributed by atoms with Crippen LogP contribution in [0.5, 0.6) is 0 Å². The van der Waals surface area contributed by atoms with E-state index in [1.165, 1.54) is 5.56 Å². The van der Waals surface area contributed by atoms with Gasteiger partial charge in [-0.15, -0.1) is 0 Å². The monoisotopic (exact) mass is 239 g/mol. The third-order valence-electron chi connectivity index (χ3n) is 2.93. The summed E-state index contributed by atoms with van der Waals surface area (Å²) in [7, 11) is -0.702. The average molecular weight is 239 g/mol. The fraction of sp³-hybridized carbons (Fsp3) is 0.538. The second kappa shape index (κ2) is 6.81. The largest absolute Gasteiger partial charge is 0.313 e. The number of hydrogen-bond acceptors (Lipinski definition) is 2. The standard InChI is InChI=1S/C13H21NOS/c1-11(13-7-5-4-6-8-13)12(2)14-9-10-16(3)15/h4-8,11-12,14H,9-10H2,1-3H3. The molecule has 0 amide bonds. The summed E-state index contributed by atoms with van der Waals surface area (Å²) in [5.74, 6) is 1.21. The van der Waals surface area contributed by atoms with Gasteiger partial charge in [-0.05, 0) is 18.4 Å². The molecule has 0 aliphatic carbocycles. The molecule has 0 aliphatic rings. The van der Waals surface area contributed by atoms with Gasteiger partial charge in [0, 0.05) is 35.4 Å². The fourth-order valence-electron chi connectivity index (χ4n) is 1.65. The first kappa shape index (κ1) is 13.4. The van der Waals surface area contributed by atoms with Crippen LogP contribution in [0, 0.1) is 0 Å². The average Bonchev–Trinajstić information content (AvgIpc) is 2.28. The zero-order valence-electron chi connectivity index (χ0n) is 10.3. The molecule has 1 N–H and O–H groups in total. The van der Waals surface area contributed by atoms with Crippen LogP contribution in [0.1, 0.15) is 25.3 Å². The van der Waals surface area contributed by atoms with Gasteiger partial charge in [0.1, 0.15) is 0 Å². The predicted molar refractivity (Wildman–Crippen MR) is 71.3 cm³/mol. The summed E-state index contributed by atoms with van der Waals surface area (Å²) in [6.07, 6.45) is 1.74. The van der Waals surface area contributed by atoms with E-state index in [0.717, 1.165) is 12.3 Å². The Morgan fingerprint density at radius 3 is 2.44 bits per heavy atom. The minimum atomic E-state index is -0.702. The van der Waals surface area contributed by atoms with Gasteiger partial charge < -0.3 is 5.32 Å². The van der Waals surface area contributed by atoms with E-state index in [-0.39, 0.29) is 0 Å². The topological polar surface area (TPSA) is 29.1 Å². The first-order chi connectivity index (χ1) is 7.61. The Kier molecular flexibility index (Phi) is 5.71. The molecule has 90 valence electrons. The molecule has 1 rings (SSSR count). The van der Waals surface area contributed by atoms with E-state index >= 15 is 0 Å². The second-order valence-electron chi connectivity index (χ2n) is 4.22. The summed E-state index contributed by atoms with van der Waals surface area (Å²) in [5, 5.41) is 3.42. The van der Waals surface area contributed by atoms with Crippen LogP contribution < -0.4 is 5.32 Å². The lowest BCUT2D eigenvalue weighted by Gasteiger charge is -2.21. The van der Waals surface area contributed by atoms with Gasteiger partial charge in [0.2, 0.25) is 0 Å². The zero-order valence-corrected chi connectivity index (χ0v) is 11.1. The van der Waals surface area contributed by atoms with Gasteiger partial charge in [-0.25, -0.2) is 0 Å². The summed E-state index contributed by atoms with van der Waals surface area (Å²) in [6, 6.07) is 10.9. The van der Waals surface area contributed by atoms with Crippen LogP contribution >= 0.6 is 0 Å². The summed E-state index contributed by atoms with van der Waals surface area (Å²) in [4.78, 5) is 0. The van der Waals surface area contributed by atoms with E-state index in [1.807, 2.05) is 6.07 Å². The van der Waals surface area contributed by atoms with E-state index in [0.29, 0.717) is 12.0 Å². The smallest absolute Gasteiger partial charge is 0.0357 e. The van der Waals surface area contributed by atoms with E-state index < -0.39 is 10.8 Å². The number of hydrogen-bond donors (Lipinski definition) is 1. The first-order valence-corrected chi connectivity index (χ1v) is 7.42. The van der Waals surface area contributed by atoms with Gasteiger partial charge in [0.05, 0.1) is 0 Å². The SMILES string of the molecule is CC(NCCS(C)=O)C(C)c1ccccc1. The molecular formula is C13H21NOS. The van der Waals surface area contributed by atoms with Crippen LogP contribution in [0.15, 0.2) is 30.3 Å². The molecular weight excluding hydrogens is 218 g/mol. The molecule has 0 aromatic heterocycles. The first-order valence-electron chi connectivity index (χ1n) is 5.69. The second-order valence-corrected chi connectivity index (χ2v) is 5.77. The van der Waals surface area contributed by atoms with Crippen LogP contribution in [0.4, 0.5) is 0 Å². The van der Waals surface area contributed by atoms with E-state index in [2.05, 4.69) is 43.4 Å². The van der Waals surface area contributed by atoms with Crippen LogP contribution in [-0.2, 0) is 10.8 Å². The molecule has 2 nitrogen and oxygen atoms in total. The molecule has 0 saturated carbocycles. The maximum atomic E-state index is 10.9. The van der Waals surface area contributed by atoms with Crippen LogP contribution in [0.2, 0.25) is 0 Å². The van der Waals surface area contributed by atoms with Crippen molar-refractivity contribution in [2.45, 2.75) is 25.8 Å². The summed E-state index contributed by atoms with van der Waals surface area (Å²) in [6.45, 7) is 5.22. The Bertz CT molecular complexity index is 326. The van der Waals surface area contributed by atoms with Gasteiger partial charge in [-0.1, -0.05) is 37.3 Å². The van der Waals surface area contributed by atoms with Crippen molar-refractivity contribution in [1.82, 2.24) is 5.32 Å². The maximum absolute atomic E-state index is 10.9. The molecule has 0 spiro atoms. The lowest BCUT2D eigenvalue weighted by molar-refractivity contribution is 0.495. The van der Waals surface area contributed by atoms with Crippen molar-refractivity contribution in [3.05, 3.63) is 35.9 Å². The Labute approximate surface area is 101 Å². The molecule has 0 saturated heterocycles. The predicted octanol–water partition coefficient (Wildman–Crippen LogP) is 2.15. The third-order valence-corrected chi connectivity index (χ3v) is 3.71. The van der Waals surface area contributed by atoms with Crippen molar-refractivity contribution in [2.75, 3.05) is 18.6 Å². The number of rotatable bonds is 6. The van der Waals surface area contributed by atoms with Gasteiger partial charge in [0.15, 0.2) is 0 Å². The van der Waals surface area contributed by atoms with Crippen molar-refractivity contribution in [2.24, 2.45) is 0 Å².